The third-order valence-electron chi connectivity index (χ3n) is 4.35. The van der Waals surface area contributed by atoms with Crippen molar-refractivity contribution in [2.24, 2.45) is 0 Å². The molecule has 0 saturated carbocycles. The van der Waals surface area contributed by atoms with E-state index in [1.807, 2.05) is 26.0 Å². The number of benzene rings is 1. The summed E-state index contributed by atoms with van der Waals surface area (Å²) in [5.41, 5.74) is 1.03. The van der Waals surface area contributed by atoms with Gasteiger partial charge < -0.3 is 4.90 Å². The Kier molecular flexibility index (Phi) is 5.27. The molecule has 0 bridgehead atoms. The molecule has 1 aromatic heterocycles. The Morgan fingerprint density at radius 3 is 2.32 bits per heavy atom. The number of hydrogen-bond acceptors (Lipinski definition) is 4. The smallest absolute Gasteiger partial charge is 0.263 e. The highest BCUT2D eigenvalue weighted by molar-refractivity contribution is 7.89. The van der Waals surface area contributed by atoms with Crippen molar-refractivity contribution in [1.29, 1.82) is 0 Å². The molecule has 1 saturated heterocycles. The lowest BCUT2D eigenvalue weighted by Gasteiger charge is -2.21. The number of thiophene rings is 1. The number of hydrogen-bond donors (Lipinski definition) is 0. The average molecular weight is 379 g/mol. The van der Waals surface area contributed by atoms with E-state index in [0.717, 1.165) is 10.4 Å². The molecular formula is C18H22N2O3S2. The second kappa shape index (κ2) is 7.27. The zero-order chi connectivity index (χ0) is 18.0. The molecule has 0 N–H and O–H groups in total. The monoisotopic (exact) mass is 378 g/mol. The molecule has 1 amide bonds. The quantitative estimate of drug-likeness (QED) is 0.825. The number of sulfonamides is 1. The predicted octanol–water partition coefficient (Wildman–Crippen LogP) is 2.90. The minimum absolute atomic E-state index is 0.00677. The van der Waals surface area contributed by atoms with E-state index in [2.05, 4.69) is 0 Å². The van der Waals surface area contributed by atoms with Gasteiger partial charge in [0.05, 0.1) is 9.77 Å². The molecule has 1 fully saturated rings. The molecule has 0 aliphatic carbocycles. The van der Waals surface area contributed by atoms with Crippen molar-refractivity contribution in [2.75, 3.05) is 26.2 Å². The molecule has 25 heavy (non-hydrogen) atoms. The zero-order valence-electron chi connectivity index (χ0n) is 14.4. The fourth-order valence-electron chi connectivity index (χ4n) is 2.90. The Balaban J connectivity index is 1.73. The fraction of sp³-hybridized carbons (Fsp3) is 0.389. The molecular weight excluding hydrogens is 356 g/mol. The van der Waals surface area contributed by atoms with Crippen molar-refractivity contribution >= 4 is 27.3 Å². The summed E-state index contributed by atoms with van der Waals surface area (Å²) >= 11 is 1.48. The van der Waals surface area contributed by atoms with Crippen molar-refractivity contribution in [3.05, 3.63) is 51.7 Å². The lowest BCUT2D eigenvalue weighted by Crippen LogP contribution is -2.37. The van der Waals surface area contributed by atoms with Crippen LogP contribution in [0.25, 0.3) is 0 Å². The van der Waals surface area contributed by atoms with Gasteiger partial charge in [0.25, 0.3) is 5.91 Å². The first-order chi connectivity index (χ1) is 11.9. The van der Waals surface area contributed by atoms with E-state index in [1.54, 1.807) is 29.2 Å². The number of nitrogens with zero attached hydrogens (tertiary/aromatic N) is 2. The third kappa shape index (κ3) is 3.94. The van der Waals surface area contributed by atoms with Gasteiger partial charge in [-0.2, -0.15) is 4.31 Å². The minimum atomic E-state index is -3.51. The number of amides is 1. The standard InChI is InChI=1S/C18H22N2O3S2/c1-14-4-7-16(8-5-14)25(22,23)20-11-3-10-19(12-13-20)18(21)17-9-6-15(2)24-17/h4-9H,3,10-13H2,1-2H3. The van der Waals surface area contributed by atoms with Crippen LogP contribution in [0.15, 0.2) is 41.3 Å². The maximum atomic E-state index is 12.8. The lowest BCUT2D eigenvalue weighted by atomic mass is 10.2. The van der Waals surface area contributed by atoms with Crippen molar-refractivity contribution < 1.29 is 13.2 Å². The SMILES string of the molecule is Cc1ccc(S(=O)(=O)N2CCCN(C(=O)c3ccc(C)s3)CC2)cc1. The Labute approximate surface area is 152 Å². The van der Waals surface area contributed by atoms with E-state index < -0.39 is 10.0 Å². The van der Waals surface area contributed by atoms with Gasteiger partial charge >= 0.3 is 0 Å². The Morgan fingerprint density at radius 2 is 1.68 bits per heavy atom. The molecule has 7 heteroatoms. The molecule has 1 aliphatic heterocycles. The minimum Gasteiger partial charge on any atom is -0.337 e. The van der Waals surface area contributed by atoms with E-state index in [0.29, 0.717) is 42.4 Å². The van der Waals surface area contributed by atoms with Gasteiger partial charge in [0.2, 0.25) is 10.0 Å². The maximum absolute atomic E-state index is 12.8. The van der Waals surface area contributed by atoms with Crippen LogP contribution >= 0.6 is 11.3 Å². The van der Waals surface area contributed by atoms with Gasteiger partial charge in [0.1, 0.15) is 0 Å². The van der Waals surface area contributed by atoms with Crippen LogP contribution in [0.5, 0.6) is 0 Å². The Hall–Kier alpha value is -1.70. The Morgan fingerprint density at radius 1 is 0.960 bits per heavy atom. The van der Waals surface area contributed by atoms with Crippen LogP contribution in [0.1, 0.15) is 26.5 Å². The summed E-state index contributed by atoms with van der Waals surface area (Å²) in [4.78, 5) is 16.5. The molecule has 0 radical (unpaired) electrons. The molecule has 134 valence electrons. The molecule has 2 aromatic rings. The first-order valence-electron chi connectivity index (χ1n) is 8.30. The zero-order valence-corrected chi connectivity index (χ0v) is 16.1. The van der Waals surface area contributed by atoms with Gasteiger partial charge in [-0.3, -0.25) is 4.79 Å². The highest BCUT2D eigenvalue weighted by Gasteiger charge is 2.28. The van der Waals surface area contributed by atoms with Gasteiger partial charge in [0, 0.05) is 31.1 Å². The van der Waals surface area contributed by atoms with E-state index in [-0.39, 0.29) is 5.91 Å². The molecule has 0 unspecified atom stereocenters. The summed E-state index contributed by atoms with van der Waals surface area (Å²) in [6.45, 7) is 5.66. The summed E-state index contributed by atoms with van der Waals surface area (Å²) in [6, 6.07) is 10.7. The van der Waals surface area contributed by atoms with Gasteiger partial charge in [-0.1, -0.05) is 17.7 Å². The molecule has 3 rings (SSSR count). The van der Waals surface area contributed by atoms with Crippen LogP contribution in [-0.4, -0.2) is 49.7 Å². The van der Waals surface area contributed by atoms with Crippen LogP contribution in [0.4, 0.5) is 0 Å². The third-order valence-corrected chi connectivity index (χ3v) is 7.25. The van der Waals surface area contributed by atoms with Crippen LogP contribution in [-0.2, 0) is 10.0 Å². The molecule has 0 atom stereocenters. The average Bonchev–Trinajstić information content (AvgIpc) is 2.86. The molecule has 2 heterocycles. The second-order valence-electron chi connectivity index (χ2n) is 6.27. The van der Waals surface area contributed by atoms with Crippen molar-refractivity contribution in [3.63, 3.8) is 0 Å². The molecule has 1 aromatic carbocycles. The van der Waals surface area contributed by atoms with Crippen LogP contribution in [0.3, 0.4) is 0 Å². The van der Waals surface area contributed by atoms with E-state index >= 15 is 0 Å². The molecule has 0 spiro atoms. The number of carbonyl (C=O) groups is 1. The topological polar surface area (TPSA) is 57.7 Å². The maximum Gasteiger partial charge on any atom is 0.263 e. The summed E-state index contributed by atoms with van der Waals surface area (Å²) < 4.78 is 27.1. The van der Waals surface area contributed by atoms with Crippen LogP contribution in [0.2, 0.25) is 0 Å². The normalized spacial score (nSPS) is 16.6. The van der Waals surface area contributed by atoms with Gasteiger partial charge in [-0.25, -0.2) is 8.42 Å². The first kappa shape index (κ1) is 18.1. The number of rotatable bonds is 3. The van der Waals surface area contributed by atoms with E-state index in [1.165, 1.54) is 15.6 Å². The van der Waals surface area contributed by atoms with Gasteiger partial charge in [-0.05, 0) is 44.5 Å². The number of aryl methyl sites for hydroxylation is 2. The highest BCUT2D eigenvalue weighted by Crippen LogP contribution is 2.21. The summed E-state index contributed by atoms with van der Waals surface area (Å²) in [6.07, 6.45) is 0.640. The lowest BCUT2D eigenvalue weighted by molar-refractivity contribution is 0.0769. The van der Waals surface area contributed by atoms with Crippen molar-refractivity contribution in [1.82, 2.24) is 9.21 Å². The first-order valence-corrected chi connectivity index (χ1v) is 10.6. The van der Waals surface area contributed by atoms with Crippen molar-refractivity contribution in [2.45, 2.75) is 25.2 Å². The predicted molar refractivity (Wildman–Crippen MR) is 99.5 cm³/mol. The Bertz CT molecular complexity index is 857. The second-order valence-corrected chi connectivity index (χ2v) is 9.50. The van der Waals surface area contributed by atoms with Crippen LogP contribution in [0, 0.1) is 13.8 Å². The van der Waals surface area contributed by atoms with E-state index in [9.17, 15) is 13.2 Å². The summed E-state index contributed by atoms with van der Waals surface area (Å²) in [5, 5.41) is 0. The van der Waals surface area contributed by atoms with Gasteiger partial charge in [0.15, 0.2) is 0 Å². The summed E-state index contributed by atoms with van der Waals surface area (Å²) in [5.74, 6) is -0.00677. The highest BCUT2D eigenvalue weighted by atomic mass is 32.2. The summed E-state index contributed by atoms with van der Waals surface area (Å²) in [7, 11) is -3.51. The van der Waals surface area contributed by atoms with Crippen molar-refractivity contribution in [3.8, 4) is 0 Å². The molecule has 5 nitrogen and oxygen atoms in total. The fourth-order valence-corrected chi connectivity index (χ4v) is 5.21. The van der Waals surface area contributed by atoms with Gasteiger partial charge in [-0.15, -0.1) is 11.3 Å². The van der Waals surface area contributed by atoms with E-state index in [4.69, 9.17) is 0 Å². The van der Waals surface area contributed by atoms with Crippen LogP contribution < -0.4 is 0 Å². The largest absolute Gasteiger partial charge is 0.337 e. The number of carbonyl (C=O) groups excluding carboxylic acids is 1. The molecule has 1 aliphatic rings.